The van der Waals surface area contributed by atoms with Gasteiger partial charge in [0.15, 0.2) is 11.6 Å². The van der Waals surface area contributed by atoms with Crippen molar-refractivity contribution in [3.8, 4) is 5.75 Å². The SMILES string of the molecule is Cc1cc2c(nc1N1CCC(Oc3ccc(F)c(F)c3)CC1)CN(C)C2=O. The summed E-state index contributed by atoms with van der Waals surface area (Å²) < 4.78 is 32.2. The summed E-state index contributed by atoms with van der Waals surface area (Å²) in [4.78, 5) is 20.7. The van der Waals surface area contributed by atoms with Gasteiger partial charge in [0.2, 0.25) is 0 Å². The lowest BCUT2D eigenvalue weighted by atomic mass is 10.1. The van der Waals surface area contributed by atoms with Crippen molar-refractivity contribution in [1.82, 2.24) is 9.88 Å². The lowest BCUT2D eigenvalue weighted by Crippen LogP contribution is -2.39. The second-order valence-electron chi connectivity index (χ2n) is 7.16. The van der Waals surface area contributed by atoms with Gasteiger partial charge < -0.3 is 14.5 Å². The number of benzene rings is 1. The van der Waals surface area contributed by atoms with Gasteiger partial charge in [0.25, 0.3) is 5.91 Å². The number of anilines is 1. The minimum Gasteiger partial charge on any atom is -0.490 e. The summed E-state index contributed by atoms with van der Waals surface area (Å²) in [6, 6.07) is 5.54. The number of aryl methyl sites for hydroxylation is 1. The molecule has 5 nitrogen and oxygen atoms in total. The predicted octanol–water partition coefficient (Wildman–Crippen LogP) is 3.30. The zero-order valence-electron chi connectivity index (χ0n) is 15.3. The Hall–Kier alpha value is -2.70. The predicted molar refractivity (Wildman–Crippen MR) is 97.0 cm³/mol. The molecule has 0 spiro atoms. The lowest BCUT2D eigenvalue weighted by Gasteiger charge is -2.34. The normalized spacial score (nSPS) is 17.4. The Kier molecular flexibility index (Phi) is 4.45. The first-order chi connectivity index (χ1) is 12.9. The number of aromatic nitrogens is 1. The standard InChI is InChI=1S/C20H21F2N3O2/c1-12-9-15-18(11-24(2)20(15)26)23-19(12)25-7-5-13(6-8-25)27-14-3-4-16(21)17(22)10-14/h3-4,9-10,13H,5-8,11H2,1-2H3. The highest BCUT2D eigenvalue weighted by Gasteiger charge is 2.29. The topological polar surface area (TPSA) is 45.7 Å². The molecule has 0 atom stereocenters. The quantitative estimate of drug-likeness (QED) is 0.828. The molecule has 1 fully saturated rings. The summed E-state index contributed by atoms with van der Waals surface area (Å²) in [5.41, 5.74) is 2.50. The van der Waals surface area contributed by atoms with Crippen molar-refractivity contribution in [1.29, 1.82) is 0 Å². The molecule has 7 heteroatoms. The van der Waals surface area contributed by atoms with Gasteiger partial charge in [-0.05, 0) is 30.7 Å². The number of hydrogen-bond donors (Lipinski definition) is 0. The maximum Gasteiger partial charge on any atom is 0.255 e. The van der Waals surface area contributed by atoms with Gasteiger partial charge in [-0.2, -0.15) is 0 Å². The van der Waals surface area contributed by atoms with Gasteiger partial charge in [-0.3, -0.25) is 4.79 Å². The number of rotatable bonds is 3. The molecule has 3 heterocycles. The van der Waals surface area contributed by atoms with E-state index in [1.165, 1.54) is 6.07 Å². The highest BCUT2D eigenvalue weighted by molar-refractivity contribution is 5.98. The largest absolute Gasteiger partial charge is 0.490 e. The second kappa shape index (κ2) is 6.79. The summed E-state index contributed by atoms with van der Waals surface area (Å²) >= 11 is 0. The van der Waals surface area contributed by atoms with E-state index in [1.807, 2.05) is 13.0 Å². The van der Waals surface area contributed by atoms with Crippen LogP contribution < -0.4 is 9.64 Å². The van der Waals surface area contributed by atoms with Crippen molar-refractivity contribution in [3.63, 3.8) is 0 Å². The van der Waals surface area contributed by atoms with E-state index in [0.717, 1.165) is 55.1 Å². The van der Waals surface area contributed by atoms with Crippen LogP contribution in [-0.2, 0) is 6.54 Å². The Bertz CT molecular complexity index is 895. The number of carbonyl (C=O) groups excluding carboxylic acids is 1. The molecule has 0 radical (unpaired) electrons. The van der Waals surface area contributed by atoms with Crippen LogP contribution >= 0.6 is 0 Å². The Labute approximate surface area is 156 Å². The summed E-state index contributed by atoms with van der Waals surface area (Å²) in [6.45, 7) is 4.02. The van der Waals surface area contributed by atoms with Gasteiger partial charge in [0.1, 0.15) is 17.7 Å². The summed E-state index contributed by atoms with van der Waals surface area (Å²) in [5.74, 6) is -0.503. The van der Waals surface area contributed by atoms with Crippen LogP contribution in [0.3, 0.4) is 0 Å². The fourth-order valence-corrected chi connectivity index (χ4v) is 3.70. The summed E-state index contributed by atoms with van der Waals surface area (Å²) in [5, 5.41) is 0. The Morgan fingerprint density at radius 2 is 1.89 bits per heavy atom. The molecular formula is C20H21F2N3O2. The summed E-state index contributed by atoms with van der Waals surface area (Å²) in [7, 11) is 1.78. The minimum atomic E-state index is -0.901. The zero-order valence-corrected chi connectivity index (χ0v) is 15.3. The molecular weight excluding hydrogens is 352 g/mol. The number of fused-ring (bicyclic) bond motifs is 1. The van der Waals surface area contributed by atoms with E-state index in [-0.39, 0.29) is 12.0 Å². The van der Waals surface area contributed by atoms with E-state index >= 15 is 0 Å². The van der Waals surface area contributed by atoms with Gasteiger partial charge in [-0.1, -0.05) is 0 Å². The molecule has 1 aromatic carbocycles. The number of nitrogens with zero attached hydrogens (tertiary/aromatic N) is 3. The molecule has 1 saturated heterocycles. The molecule has 0 N–H and O–H groups in total. The second-order valence-corrected chi connectivity index (χ2v) is 7.16. The van der Waals surface area contributed by atoms with E-state index in [2.05, 4.69) is 4.90 Å². The van der Waals surface area contributed by atoms with Crippen molar-refractivity contribution >= 4 is 11.7 Å². The fraction of sp³-hybridized carbons (Fsp3) is 0.400. The Balaban J connectivity index is 1.43. The smallest absolute Gasteiger partial charge is 0.255 e. The molecule has 27 heavy (non-hydrogen) atoms. The van der Waals surface area contributed by atoms with Crippen molar-refractivity contribution in [2.24, 2.45) is 0 Å². The molecule has 142 valence electrons. The lowest BCUT2D eigenvalue weighted by molar-refractivity contribution is 0.0816. The molecule has 0 unspecified atom stereocenters. The molecule has 0 aliphatic carbocycles. The van der Waals surface area contributed by atoms with E-state index in [4.69, 9.17) is 9.72 Å². The molecule has 1 amide bonds. The van der Waals surface area contributed by atoms with Crippen LogP contribution in [-0.4, -0.2) is 42.0 Å². The zero-order chi connectivity index (χ0) is 19.1. The third-order valence-corrected chi connectivity index (χ3v) is 5.16. The first-order valence-corrected chi connectivity index (χ1v) is 9.05. The first-order valence-electron chi connectivity index (χ1n) is 9.05. The molecule has 0 bridgehead atoms. The summed E-state index contributed by atoms with van der Waals surface area (Å²) in [6.07, 6.45) is 1.47. The van der Waals surface area contributed by atoms with Gasteiger partial charge >= 0.3 is 0 Å². The molecule has 2 aliphatic rings. The van der Waals surface area contributed by atoms with Crippen LogP contribution in [0.4, 0.5) is 14.6 Å². The average Bonchev–Trinajstić information content (AvgIpc) is 2.92. The fourth-order valence-electron chi connectivity index (χ4n) is 3.70. The Morgan fingerprint density at radius 3 is 2.59 bits per heavy atom. The van der Waals surface area contributed by atoms with Crippen molar-refractivity contribution in [2.45, 2.75) is 32.4 Å². The van der Waals surface area contributed by atoms with Gasteiger partial charge in [0, 0.05) is 39.0 Å². The molecule has 1 aromatic heterocycles. The highest BCUT2D eigenvalue weighted by Crippen LogP contribution is 2.29. The monoisotopic (exact) mass is 373 g/mol. The Morgan fingerprint density at radius 1 is 1.15 bits per heavy atom. The maximum atomic E-state index is 13.3. The number of amides is 1. The van der Waals surface area contributed by atoms with Gasteiger partial charge in [0.05, 0.1) is 17.8 Å². The average molecular weight is 373 g/mol. The molecule has 2 aromatic rings. The number of halogens is 2. The minimum absolute atomic E-state index is 0.0192. The number of carbonyl (C=O) groups is 1. The number of piperidine rings is 1. The van der Waals surface area contributed by atoms with E-state index in [1.54, 1.807) is 11.9 Å². The van der Waals surface area contributed by atoms with Crippen LogP contribution in [0.5, 0.6) is 5.75 Å². The number of ether oxygens (including phenoxy) is 1. The van der Waals surface area contributed by atoms with Crippen LogP contribution in [0.25, 0.3) is 0 Å². The van der Waals surface area contributed by atoms with Crippen LogP contribution in [0.15, 0.2) is 24.3 Å². The maximum absolute atomic E-state index is 13.3. The van der Waals surface area contributed by atoms with Crippen LogP contribution in [0.1, 0.15) is 34.5 Å². The molecule has 0 saturated carbocycles. The van der Waals surface area contributed by atoms with Crippen molar-refractivity contribution in [3.05, 3.63) is 52.7 Å². The third kappa shape index (κ3) is 3.34. The first kappa shape index (κ1) is 17.7. The highest BCUT2D eigenvalue weighted by atomic mass is 19.2. The van der Waals surface area contributed by atoms with Gasteiger partial charge in [-0.15, -0.1) is 0 Å². The third-order valence-electron chi connectivity index (χ3n) is 5.16. The van der Waals surface area contributed by atoms with E-state index < -0.39 is 11.6 Å². The number of pyridine rings is 1. The number of hydrogen-bond acceptors (Lipinski definition) is 4. The van der Waals surface area contributed by atoms with Crippen LogP contribution in [0.2, 0.25) is 0 Å². The van der Waals surface area contributed by atoms with Gasteiger partial charge in [-0.25, -0.2) is 13.8 Å². The van der Waals surface area contributed by atoms with E-state index in [9.17, 15) is 13.6 Å². The van der Waals surface area contributed by atoms with Crippen LogP contribution in [0, 0.1) is 18.6 Å². The van der Waals surface area contributed by atoms with E-state index in [0.29, 0.717) is 17.9 Å². The molecule has 4 rings (SSSR count). The van der Waals surface area contributed by atoms with Crippen molar-refractivity contribution < 1.29 is 18.3 Å². The van der Waals surface area contributed by atoms with Crippen molar-refractivity contribution in [2.75, 3.05) is 25.0 Å². The molecule has 2 aliphatic heterocycles.